The number of rotatable bonds is 1. The first-order valence-corrected chi connectivity index (χ1v) is 5.00. The lowest BCUT2D eigenvalue weighted by atomic mass is 10.3. The monoisotopic (exact) mass is 300 g/mol. The fourth-order valence-electron chi connectivity index (χ4n) is 0.680. The fourth-order valence-corrected chi connectivity index (χ4v) is 1.61. The van der Waals surface area contributed by atoms with Crippen LogP contribution in [0.3, 0.4) is 0 Å². The lowest BCUT2D eigenvalue weighted by molar-refractivity contribution is -0.159. The van der Waals surface area contributed by atoms with Crippen molar-refractivity contribution in [2.75, 3.05) is 5.43 Å². The number of nitrogens with one attached hydrogen (secondary N) is 1. The molecule has 0 aliphatic heterocycles. The molecule has 94 valence electrons. The molecule has 0 aromatic heterocycles. The van der Waals surface area contributed by atoms with E-state index in [9.17, 15) is 0 Å². The van der Waals surface area contributed by atoms with Crippen molar-refractivity contribution in [3.63, 3.8) is 0 Å². The van der Waals surface area contributed by atoms with Crippen LogP contribution in [0.25, 0.3) is 0 Å². The van der Waals surface area contributed by atoms with Gasteiger partial charge in [0.25, 0.3) is 0 Å². The summed E-state index contributed by atoms with van der Waals surface area (Å²) in [5, 5.41) is 16.1. The summed E-state index contributed by atoms with van der Waals surface area (Å²) < 4.78 is 0. The van der Waals surface area contributed by atoms with Crippen molar-refractivity contribution in [1.82, 2.24) is 0 Å². The average molecular weight is 302 g/mol. The fraction of sp³-hybridized carbons (Fsp3) is 0. The molecule has 9 heteroatoms. The maximum absolute atomic E-state index is 9.10. The van der Waals surface area contributed by atoms with Crippen LogP contribution in [0.2, 0.25) is 15.1 Å². The average Bonchev–Trinajstić information content (AvgIpc) is 2.17. The van der Waals surface area contributed by atoms with Gasteiger partial charge in [-0.05, 0) is 12.1 Å². The number of hydrogen-bond acceptors (Lipinski definition) is 4. The Kier molecular flexibility index (Phi) is 6.67. The van der Waals surface area contributed by atoms with Crippen molar-refractivity contribution in [2.24, 2.45) is 5.84 Å². The number of nitrogens with two attached hydrogens (primary N) is 1. The maximum atomic E-state index is 9.10. The number of carboxylic acid groups (broad SMARTS) is 2. The summed E-state index contributed by atoms with van der Waals surface area (Å²) in [4.78, 5) is 18.2. The van der Waals surface area contributed by atoms with Crippen LogP contribution in [0.15, 0.2) is 12.1 Å². The third-order valence-electron chi connectivity index (χ3n) is 1.33. The van der Waals surface area contributed by atoms with Crippen molar-refractivity contribution in [3.8, 4) is 0 Å². The molecule has 0 aliphatic rings. The van der Waals surface area contributed by atoms with Gasteiger partial charge in [0, 0.05) is 5.02 Å². The second-order valence-corrected chi connectivity index (χ2v) is 3.75. The van der Waals surface area contributed by atoms with E-state index in [1.807, 2.05) is 0 Å². The van der Waals surface area contributed by atoms with E-state index < -0.39 is 11.9 Å². The van der Waals surface area contributed by atoms with E-state index in [1.54, 1.807) is 12.1 Å². The van der Waals surface area contributed by atoms with Crippen molar-refractivity contribution < 1.29 is 19.8 Å². The highest BCUT2D eigenvalue weighted by Gasteiger charge is 2.05. The normalized spacial score (nSPS) is 8.94. The molecule has 0 amide bonds. The number of hydrogen-bond donors (Lipinski definition) is 4. The molecule has 0 aliphatic carbocycles. The van der Waals surface area contributed by atoms with E-state index in [-0.39, 0.29) is 0 Å². The van der Waals surface area contributed by atoms with Crippen LogP contribution in [0.5, 0.6) is 0 Å². The quantitative estimate of drug-likeness (QED) is 0.359. The van der Waals surface area contributed by atoms with Gasteiger partial charge in [-0.1, -0.05) is 34.8 Å². The topological polar surface area (TPSA) is 113 Å². The van der Waals surface area contributed by atoms with Crippen LogP contribution in [0, 0.1) is 0 Å². The van der Waals surface area contributed by atoms with Gasteiger partial charge in [-0.2, -0.15) is 0 Å². The zero-order valence-corrected chi connectivity index (χ0v) is 10.3. The zero-order chi connectivity index (χ0) is 13.6. The standard InChI is InChI=1S/C6H5Cl3N2.C2H2O4/c7-3-1-4(8)6(11-10)5(9)2-3;3-1(4)2(5)6/h1-2,11H,10H2;(H,3,4)(H,5,6). The van der Waals surface area contributed by atoms with E-state index in [2.05, 4.69) is 5.43 Å². The predicted molar refractivity (Wildman–Crippen MR) is 64.6 cm³/mol. The molecule has 1 rings (SSSR count). The van der Waals surface area contributed by atoms with Gasteiger partial charge in [0.1, 0.15) is 0 Å². The van der Waals surface area contributed by atoms with Crippen LogP contribution in [0.1, 0.15) is 0 Å². The second-order valence-electron chi connectivity index (χ2n) is 2.50. The highest BCUT2D eigenvalue weighted by molar-refractivity contribution is 6.41. The first kappa shape index (κ1) is 15.8. The number of anilines is 1. The summed E-state index contributed by atoms with van der Waals surface area (Å²) in [6, 6.07) is 3.12. The Bertz CT molecular complexity index is 404. The van der Waals surface area contributed by atoms with Crippen LogP contribution in [-0.2, 0) is 9.59 Å². The molecule has 0 unspecified atom stereocenters. The van der Waals surface area contributed by atoms with E-state index in [1.165, 1.54) is 0 Å². The Morgan fingerprint density at radius 2 is 1.41 bits per heavy atom. The van der Waals surface area contributed by atoms with Gasteiger partial charge in [-0.3, -0.25) is 5.84 Å². The SMILES string of the molecule is NNc1c(Cl)cc(Cl)cc1Cl.O=C(O)C(=O)O. The molecule has 1 aromatic carbocycles. The molecule has 0 bridgehead atoms. The summed E-state index contributed by atoms with van der Waals surface area (Å²) in [6.45, 7) is 0. The number of benzene rings is 1. The van der Waals surface area contributed by atoms with Crippen LogP contribution in [-0.4, -0.2) is 22.2 Å². The Morgan fingerprint density at radius 3 is 1.65 bits per heavy atom. The summed E-state index contributed by atoms with van der Waals surface area (Å²) in [6.07, 6.45) is 0. The van der Waals surface area contributed by atoms with Gasteiger partial charge in [0.2, 0.25) is 0 Å². The lowest BCUT2D eigenvalue weighted by Crippen LogP contribution is -2.09. The Labute approximate surface area is 111 Å². The smallest absolute Gasteiger partial charge is 0.414 e. The molecule has 0 saturated heterocycles. The largest absolute Gasteiger partial charge is 0.473 e. The van der Waals surface area contributed by atoms with E-state index in [4.69, 9.17) is 60.4 Å². The molecular weight excluding hydrogens is 294 g/mol. The first-order chi connectivity index (χ1) is 7.79. The molecule has 0 atom stereocenters. The van der Waals surface area contributed by atoms with Gasteiger partial charge in [0.15, 0.2) is 0 Å². The third kappa shape index (κ3) is 5.60. The molecule has 5 N–H and O–H groups in total. The molecule has 0 heterocycles. The number of aliphatic carboxylic acids is 2. The van der Waals surface area contributed by atoms with Gasteiger partial charge in [-0.25, -0.2) is 9.59 Å². The van der Waals surface area contributed by atoms with E-state index >= 15 is 0 Å². The second kappa shape index (κ2) is 7.18. The Morgan fingerprint density at radius 1 is 1.06 bits per heavy atom. The molecule has 0 saturated carbocycles. The molecule has 0 fully saturated rings. The summed E-state index contributed by atoms with van der Waals surface area (Å²) in [5.41, 5.74) is 2.85. The number of carbonyl (C=O) groups is 2. The van der Waals surface area contributed by atoms with E-state index in [0.29, 0.717) is 20.8 Å². The summed E-state index contributed by atoms with van der Waals surface area (Å²) in [7, 11) is 0. The highest BCUT2D eigenvalue weighted by Crippen LogP contribution is 2.32. The summed E-state index contributed by atoms with van der Waals surface area (Å²) in [5.74, 6) is 1.49. The maximum Gasteiger partial charge on any atom is 0.414 e. The van der Waals surface area contributed by atoms with Crippen molar-refractivity contribution >= 4 is 52.4 Å². The summed E-state index contributed by atoms with van der Waals surface area (Å²) >= 11 is 17.1. The van der Waals surface area contributed by atoms with Gasteiger partial charge < -0.3 is 15.6 Å². The van der Waals surface area contributed by atoms with Gasteiger partial charge in [-0.15, -0.1) is 0 Å². The van der Waals surface area contributed by atoms with Crippen LogP contribution >= 0.6 is 34.8 Å². The number of carboxylic acids is 2. The minimum atomic E-state index is -1.82. The minimum Gasteiger partial charge on any atom is -0.473 e. The minimum absolute atomic E-state index is 0.407. The molecule has 0 radical (unpaired) electrons. The van der Waals surface area contributed by atoms with Crippen molar-refractivity contribution in [2.45, 2.75) is 0 Å². The van der Waals surface area contributed by atoms with Crippen molar-refractivity contribution in [3.05, 3.63) is 27.2 Å². The zero-order valence-electron chi connectivity index (χ0n) is 8.08. The van der Waals surface area contributed by atoms with Gasteiger partial charge >= 0.3 is 11.9 Å². The van der Waals surface area contributed by atoms with Crippen LogP contribution < -0.4 is 11.3 Å². The molecule has 6 nitrogen and oxygen atoms in total. The van der Waals surface area contributed by atoms with Crippen LogP contribution in [0.4, 0.5) is 5.69 Å². The molecule has 0 spiro atoms. The molecule has 1 aromatic rings. The molecule has 17 heavy (non-hydrogen) atoms. The Balaban J connectivity index is 0.000000366. The van der Waals surface area contributed by atoms with Gasteiger partial charge in [0.05, 0.1) is 15.7 Å². The number of hydrazine groups is 1. The number of nitrogen functional groups attached to an aromatic ring is 1. The molecular formula is C8H7Cl3N2O4. The number of halogens is 3. The van der Waals surface area contributed by atoms with E-state index in [0.717, 1.165) is 0 Å². The Hall–Kier alpha value is -1.21. The van der Waals surface area contributed by atoms with Crippen molar-refractivity contribution in [1.29, 1.82) is 0 Å². The first-order valence-electron chi connectivity index (χ1n) is 3.87. The lowest BCUT2D eigenvalue weighted by Gasteiger charge is -2.05. The third-order valence-corrected chi connectivity index (χ3v) is 2.15. The highest BCUT2D eigenvalue weighted by atomic mass is 35.5. The predicted octanol–water partition coefficient (Wildman–Crippen LogP) is 2.09.